The summed E-state index contributed by atoms with van der Waals surface area (Å²) in [5.41, 5.74) is 1.33. The van der Waals surface area contributed by atoms with Crippen molar-refractivity contribution < 1.29 is 32.6 Å². The molecular weight excluding hydrogens is 594 g/mol. The van der Waals surface area contributed by atoms with Crippen molar-refractivity contribution in [1.82, 2.24) is 14.9 Å². The molecule has 13 heteroatoms. The highest BCUT2D eigenvalue weighted by Gasteiger charge is 2.28. The highest BCUT2D eigenvalue weighted by Crippen LogP contribution is 2.27. The third kappa shape index (κ3) is 8.93. The Balaban J connectivity index is 0.00000259. The summed E-state index contributed by atoms with van der Waals surface area (Å²) in [5, 5.41) is 8.59. The number of pyridine rings is 1. The van der Waals surface area contributed by atoms with Crippen LogP contribution >= 0.6 is 11.3 Å². The summed E-state index contributed by atoms with van der Waals surface area (Å²) >= 11 is 0.982. The monoisotopic (exact) mass is 628 g/mol. The van der Waals surface area contributed by atoms with Gasteiger partial charge in [-0.3, -0.25) is 4.79 Å². The van der Waals surface area contributed by atoms with Gasteiger partial charge in [0.05, 0.1) is 12.2 Å². The summed E-state index contributed by atoms with van der Waals surface area (Å²) in [6.45, 7) is 10.5. The van der Waals surface area contributed by atoms with Gasteiger partial charge in [0.15, 0.2) is 10.7 Å². The number of hydrogen-bond donors (Lipinski definition) is 1. The first kappa shape index (κ1) is 33.8. The lowest BCUT2D eigenvalue weighted by atomic mass is 10.1. The minimum absolute atomic E-state index is 0.00754. The molecule has 0 aliphatic carbocycles. The Morgan fingerprint density at radius 2 is 1.75 bits per heavy atom. The van der Waals surface area contributed by atoms with E-state index in [1.165, 1.54) is 12.3 Å². The summed E-state index contributed by atoms with van der Waals surface area (Å²) in [4.78, 5) is 39.6. The largest absolute Gasteiger partial charge is 0.482 e. The molecule has 0 radical (unpaired) electrons. The summed E-state index contributed by atoms with van der Waals surface area (Å²) < 4.78 is 45.0. The summed E-state index contributed by atoms with van der Waals surface area (Å²) in [6, 6.07) is 12.1. The molecule has 0 unspecified atom stereocenters. The van der Waals surface area contributed by atoms with E-state index in [9.17, 15) is 23.2 Å². The minimum atomic E-state index is -0.926. The van der Waals surface area contributed by atoms with Gasteiger partial charge in [0, 0.05) is 18.7 Å². The van der Waals surface area contributed by atoms with Crippen molar-refractivity contribution in [3.05, 3.63) is 98.4 Å². The predicted molar refractivity (Wildman–Crippen MR) is 162 cm³/mol. The van der Waals surface area contributed by atoms with Crippen molar-refractivity contribution in [3.8, 4) is 16.3 Å². The second-order valence-corrected chi connectivity index (χ2v) is 11.0. The van der Waals surface area contributed by atoms with E-state index < -0.39 is 40.5 Å². The fraction of sp³-hybridized carbons (Fsp3) is 0.323. The number of halogens is 2. The van der Waals surface area contributed by atoms with Crippen LogP contribution in [0.5, 0.6) is 5.75 Å². The molecule has 0 aliphatic heterocycles. The first-order valence-corrected chi connectivity index (χ1v) is 14.7. The molecule has 1 N–H and O–H groups in total. The average Bonchev–Trinajstić information content (AvgIpc) is 3.43. The minimum Gasteiger partial charge on any atom is -0.482 e. The quantitative estimate of drug-likeness (QED) is 0.209. The second kappa shape index (κ2) is 15.2. The van der Waals surface area contributed by atoms with Crippen molar-refractivity contribution in [2.45, 2.75) is 60.2 Å². The fourth-order valence-corrected chi connectivity index (χ4v) is 4.62. The Hall–Kier alpha value is -4.65. The van der Waals surface area contributed by atoms with E-state index in [0.717, 1.165) is 28.1 Å². The van der Waals surface area contributed by atoms with Crippen molar-refractivity contribution in [2.75, 3.05) is 12.0 Å². The third-order valence-corrected chi connectivity index (χ3v) is 6.48. The fourth-order valence-electron chi connectivity index (χ4n) is 3.75. The number of nitrogens with zero attached hydrogens (tertiary/aromatic N) is 3. The van der Waals surface area contributed by atoms with Crippen molar-refractivity contribution in [2.24, 2.45) is 0 Å². The summed E-state index contributed by atoms with van der Waals surface area (Å²) in [7, 11) is 0. The second-order valence-electron chi connectivity index (χ2n) is 9.94. The van der Waals surface area contributed by atoms with Crippen LogP contribution in [-0.2, 0) is 22.5 Å². The van der Waals surface area contributed by atoms with Crippen LogP contribution in [0.1, 0.15) is 68.2 Å². The van der Waals surface area contributed by atoms with Gasteiger partial charge >= 0.3 is 12.1 Å². The number of benzene rings is 2. The molecule has 44 heavy (non-hydrogen) atoms. The molecule has 0 atom stereocenters. The first-order valence-electron chi connectivity index (χ1n) is 13.9. The van der Waals surface area contributed by atoms with Gasteiger partial charge in [0.2, 0.25) is 11.2 Å². The van der Waals surface area contributed by atoms with Crippen molar-refractivity contribution in [1.29, 1.82) is 0 Å². The number of carbonyl (C=O) groups excluding carboxylic acids is 2. The molecule has 0 spiro atoms. The lowest BCUT2D eigenvalue weighted by Gasteiger charge is -2.22. The molecule has 0 saturated heterocycles. The molecular formula is C31H34F2N4O6S. The topological polar surface area (TPSA) is 122 Å². The molecule has 0 aliphatic rings. The number of nitrogens with one attached hydrogen (secondary N) is 1. The first-order chi connectivity index (χ1) is 20.9. The van der Waals surface area contributed by atoms with Crippen LogP contribution in [0.2, 0.25) is 0 Å². The Morgan fingerprint density at radius 3 is 2.39 bits per heavy atom. The van der Waals surface area contributed by atoms with E-state index in [0.29, 0.717) is 10.6 Å². The number of amides is 1. The standard InChI is InChI=1S/C29H28F2N4O6S.C2H6/c1-5-39-27(37)23-25(40-16-17-9-7-6-8-10-17)24(36)20(15-35(23)34-28(38)41-29(2,3)4)26-33-32-22(42-26)13-18-11-12-19(30)14-21(18)31;1-2/h6-12,14-15H,5,13,16H2,1-4H3,(H,34,38);1-2H3. The molecule has 1 amide bonds. The maximum absolute atomic E-state index is 14.2. The Morgan fingerprint density at radius 1 is 1.05 bits per heavy atom. The highest BCUT2D eigenvalue weighted by atomic mass is 32.1. The van der Waals surface area contributed by atoms with Gasteiger partial charge in [-0.1, -0.05) is 61.6 Å². The highest BCUT2D eigenvalue weighted by molar-refractivity contribution is 7.14. The van der Waals surface area contributed by atoms with Gasteiger partial charge in [-0.2, -0.15) is 0 Å². The molecule has 10 nitrogen and oxygen atoms in total. The zero-order valence-corrected chi connectivity index (χ0v) is 26.1. The average molecular weight is 629 g/mol. The summed E-state index contributed by atoms with van der Waals surface area (Å²) in [5.74, 6) is -2.78. The van der Waals surface area contributed by atoms with Crippen LogP contribution in [0, 0.1) is 11.6 Å². The van der Waals surface area contributed by atoms with Crippen LogP contribution < -0.4 is 15.6 Å². The normalized spacial score (nSPS) is 10.8. The Bertz CT molecular complexity index is 1650. The van der Waals surface area contributed by atoms with E-state index in [1.807, 2.05) is 19.9 Å². The lowest BCUT2D eigenvalue weighted by Crippen LogP contribution is -2.35. The van der Waals surface area contributed by atoms with E-state index in [2.05, 4.69) is 15.6 Å². The third-order valence-electron chi connectivity index (χ3n) is 5.52. The maximum atomic E-state index is 14.2. The zero-order valence-electron chi connectivity index (χ0n) is 25.3. The van der Waals surface area contributed by atoms with Gasteiger partial charge in [-0.05, 0) is 44.9 Å². The van der Waals surface area contributed by atoms with Crippen LogP contribution in [0.25, 0.3) is 10.6 Å². The predicted octanol–water partition coefficient (Wildman–Crippen LogP) is 6.50. The molecule has 0 saturated carbocycles. The number of aromatic nitrogens is 3. The molecule has 0 bridgehead atoms. The van der Waals surface area contributed by atoms with Gasteiger partial charge < -0.3 is 14.2 Å². The Labute approximate surface area is 257 Å². The number of rotatable bonds is 9. The SMILES string of the molecule is CC.CCOC(=O)c1c(OCc2ccccc2)c(=O)c(-c2nnc(Cc3ccc(F)cc3F)s2)cn1NC(=O)OC(C)(C)C. The zero-order chi connectivity index (χ0) is 32.4. The molecule has 4 rings (SSSR count). The van der Waals surface area contributed by atoms with Crippen molar-refractivity contribution in [3.63, 3.8) is 0 Å². The number of hydrogen-bond acceptors (Lipinski definition) is 9. The van der Waals surface area contributed by atoms with Crippen LogP contribution in [0.3, 0.4) is 0 Å². The lowest BCUT2D eigenvalue weighted by molar-refractivity contribution is 0.0505. The van der Waals surface area contributed by atoms with E-state index >= 15 is 0 Å². The molecule has 4 aromatic rings. The van der Waals surface area contributed by atoms with Gasteiger partial charge in [-0.15, -0.1) is 10.2 Å². The number of carbonyl (C=O) groups is 2. The molecule has 2 heterocycles. The molecule has 2 aromatic heterocycles. The molecule has 2 aromatic carbocycles. The van der Waals surface area contributed by atoms with Gasteiger partial charge in [-0.25, -0.2) is 28.5 Å². The maximum Gasteiger partial charge on any atom is 0.426 e. The number of esters is 1. The number of ether oxygens (including phenoxy) is 3. The van der Waals surface area contributed by atoms with Crippen molar-refractivity contribution >= 4 is 23.4 Å². The summed E-state index contributed by atoms with van der Waals surface area (Å²) in [6.07, 6.45) is 0.268. The van der Waals surface area contributed by atoms with Gasteiger partial charge in [0.1, 0.15) is 28.8 Å². The van der Waals surface area contributed by atoms with Gasteiger partial charge in [0.25, 0.3) is 0 Å². The van der Waals surface area contributed by atoms with E-state index in [1.54, 1.807) is 52.0 Å². The smallest absolute Gasteiger partial charge is 0.426 e. The van der Waals surface area contributed by atoms with E-state index in [4.69, 9.17) is 14.2 Å². The Kier molecular flexibility index (Phi) is 11.7. The van der Waals surface area contributed by atoms with Crippen LogP contribution in [-0.4, -0.2) is 39.1 Å². The van der Waals surface area contributed by atoms with Crippen LogP contribution in [0.15, 0.2) is 59.5 Å². The molecule has 234 valence electrons. The molecule has 0 fully saturated rings. The van der Waals surface area contributed by atoms with Crippen LogP contribution in [0.4, 0.5) is 13.6 Å². The van der Waals surface area contributed by atoms with E-state index in [-0.39, 0.29) is 41.5 Å².